The Bertz CT molecular complexity index is 1380. The van der Waals surface area contributed by atoms with Crippen molar-refractivity contribution < 1.29 is 4.79 Å². The zero-order valence-corrected chi connectivity index (χ0v) is 18.3. The van der Waals surface area contributed by atoms with Gasteiger partial charge in [0.05, 0.1) is 11.4 Å². The van der Waals surface area contributed by atoms with Crippen molar-refractivity contribution >= 4 is 34.9 Å². The number of urea groups is 1. The Labute approximate surface area is 193 Å². The average Bonchev–Trinajstić information content (AvgIpc) is 2.85. The Morgan fingerprint density at radius 1 is 0.697 bits per heavy atom. The van der Waals surface area contributed by atoms with E-state index in [4.69, 9.17) is 0 Å². The van der Waals surface area contributed by atoms with Crippen molar-refractivity contribution in [1.29, 1.82) is 0 Å². The van der Waals surface area contributed by atoms with Crippen LogP contribution in [0.5, 0.6) is 0 Å². The number of carbonyl (C=O) groups is 1. The van der Waals surface area contributed by atoms with Crippen LogP contribution in [0.2, 0.25) is 0 Å². The second kappa shape index (κ2) is 7.38. The minimum absolute atomic E-state index is 0.164. The molecule has 0 radical (unpaired) electrons. The van der Waals surface area contributed by atoms with Gasteiger partial charge in [-0.3, -0.25) is 4.90 Å². The molecule has 160 valence electrons. The lowest BCUT2D eigenvalue weighted by molar-refractivity contribution is 0.250. The minimum atomic E-state index is -0.885. The van der Waals surface area contributed by atoms with Crippen LogP contribution in [0.4, 0.5) is 27.5 Å². The molecule has 2 amide bonds. The van der Waals surface area contributed by atoms with E-state index >= 15 is 0 Å². The molecule has 2 heterocycles. The molecule has 1 unspecified atom stereocenters. The molecule has 0 saturated carbocycles. The summed E-state index contributed by atoms with van der Waals surface area (Å²) in [6.45, 7) is 2.05. The number of fused-ring (bicyclic) bond motifs is 3. The van der Waals surface area contributed by atoms with E-state index in [0.29, 0.717) is 0 Å². The van der Waals surface area contributed by atoms with Gasteiger partial charge in [0.15, 0.2) is 5.66 Å². The third kappa shape index (κ3) is 2.88. The van der Waals surface area contributed by atoms with Gasteiger partial charge >= 0.3 is 6.03 Å². The van der Waals surface area contributed by atoms with Crippen LogP contribution in [0.3, 0.4) is 0 Å². The fraction of sp³-hybridized carbons (Fsp3) is 0.0690. The highest BCUT2D eigenvalue weighted by Gasteiger charge is 2.52. The lowest BCUT2D eigenvalue weighted by Gasteiger charge is -2.54. The molecular weight excluding hydrogens is 406 g/mol. The molecule has 0 fully saturated rings. The predicted octanol–water partition coefficient (Wildman–Crippen LogP) is 7.07. The Balaban J connectivity index is 1.71. The number of anilines is 4. The Morgan fingerprint density at radius 2 is 1.36 bits per heavy atom. The summed E-state index contributed by atoms with van der Waals surface area (Å²) in [5, 5.41) is 3.12. The highest BCUT2D eigenvalue weighted by molar-refractivity contribution is 6.08. The molecule has 4 aromatic rings. The molecular formula is C29H23N3O. The third-order valence-electron chi connectivity index (χ3n) is 6.43. The third-order valence-corrected chi connectivity index (χ3v) is 6.43. The molecule has 6 rings (SSSR count). The number of nitrogens with zero attached hydrogens (tertiary/aromatic N) is 2. The van der Waals surface area contributed by atoms with Gasteiger partial charge < -0.3 is 10.2 Å². The van der Waals surface area contributed by atoms with Crippen molar-refractivity contribution in [2.45, 2.75) is 12.6 Å². The molecule has 1 N–H and O–H groups in total. The summed E-state index contributed by atoms with van der Waals surface area (Å²) in [7, 11) is 0. The summed E-state index contributed by atoms with van der Waals surface area (Å²) in [6, 6.07) is 34.6. The van der Waals surface area contributed by atoms with E-state index in [1.54, 1.807) is 0 Å². The number of hydrogen-bond donors (Lipinski definition) is 1. The van der Waals surface area contributed by atoms with Crippen molar-refractivity contribution in [3.05, 3.63) is 126 Å². The molecule has 4 aromatic carbocycles. The highest BCUT2D eigenvalue weighted by atomic mass is 16.2. The maximum Gasteiger partial charge on any atom is 0.328 e. The van der Waals surface area contributed by atoms with Gasteiger partial charge in [-0.1, -0.05) is 78.4 Å². The van der Waals surface area contributed by atoms with Crippen molar-refractivity contribution in [3.8, 4) is 0 Å². The van der Waals surface area contributed by atoms with Crippen LogP contribution in [0, 0.1) is 6.92 Å². The second-order valence-corrected chi connectivity index (χ2v) is 8.44. The van der Waals surface area contributed by atoms with Gasteiger partial charge in [0.25, 0.3) is 0 Å². The van der Waals surface area contributed by atoms with Crippen LogP contribution in [-0.2, 0) is 5.66 Å². The van der Waals surface area contributed by atoms with Crippen LogP contribution in [0.15, 0.2) is 109 Å². The second-order valence-electron chi connectivity index (χ2n) is 8.44. The first-order chi connectivity index (χ1) is 16.2. The number of rotatable bonds is 2. The average molecular weight is 430 g/mol. The number of para-hydroxylation sites is 3. The fourth-order valence-corrected chi connectivity index (χ4v) is 4.96. The van der Waals surface area contributed by atoms with Gasteiger partial charge in [-0.15, -0.1) is 0 Å². The summed E-state index contributed by atoms with van der Waals surface area (Å²) in [5.41, 5.74) is 6.09. The first-order valence-electron chi connectivity index (χ1n) is 11.1. The molecule has 0 aliphatic carbocycles. The van der Waals surface area contributed by atoms with Crippen LogP contribution in [0.1, 0.15) is 16.7 Å². The van der Waals surface area contributed by atoms with E-state index in [-0.39, 0.29) is 6.03 Å². The molecule has 2 aliphatic heterocycles. The van der Waals surface area contributed by atoms with E-state index < -0.39 is 5.66 Å². The molecule has 0 saturated heterocycles. The number of amides is 2. The van der Waals surface area contributed by atoms with E-state index in [1.165, 1.54) is 0 Å². The largest absolute Gasteiger partial charge is 0.328 e. The fourth-order valence-electron chi connectivity index (χ4n) is 4.96. The molecule has 4 nitrogen and oxygen atoms in total. The lowest BCUT2D eigenvalue weighted by atomic mass is 9.85. The van der Waals surface area contributed by atoms with E-state index in [9.17, 15) is 4.79 Å². The SMILES string of the molecule is Cc1ccc(N2C(=O)Nc3ccccc3C23C=Cc2ccccc2N3c2ccccc2)cc1. The van der Waals surface area contributed by atoms with Gasteiger partial charge in [0.2, 0.25) is 0 Å². The molecule has 1 spiro atoms. The van der Waals surface area contributed by atoms with Crippen molar-refractivity contribution in [2.75, 3.05) is 15.1 Å². The Kier molecular flexibility index (Phi) is 4.34. The summed E-state index contributed by atoms with van der Waals surface area (Å²) < 4.78 is 0. The van der Waals surface area contributed by atoms with Crippen LogP contribution >= 0.6 is 0 Å². The molecule has 0 bridgehead atoms. The Hall–Kier alpha value is -4.31. The first-order valence-corrected chi connectivity index (χ1v) is 11.1. The van der Waals surface area contributed by atoms with E-state index in [0.717, 1.165) is 39.4 Å². The maximum absolute atomic E-state index is 13.8. The topological polar surface area (TPSA) is 35.6 Å². The molecule has 2 aliphatic rings. The monoisotopic (exact) mass is 429 g/mol. The van der Waals surface area contributed by atoms with Gasteiger partial charge in [0.1, 0.15) is 0 Å². The van der Waals surface area contributed by atoms with Gasteiger partial charge in [-0.25, -0.2) is 4.79 Å². The molecule has 4 heteroatoms. The number of benzene rings is 4. The van der Waals surface area contributed by atoms with Crippen LogP contribution < -0.4 is 15.1 Å². The highest BCUT2D eigenvalue weighted by Crippen LogP contribution is 2.52. The smallest absolute Gasteiger partial charge is 0.309 e. The Morgan fingerprint density at radius 3 is 2.18 bits per heavy atom. The number of nitrogens with one attached hydrogen (secondary N) is 1. The zero-order valence-electron chi connectivity index (χ0n) is 18.3. The maximum atomic E-state index is 13.8. The van der Waals surface area contributed by atoms with Crippen molar-refractivity contribution in [3.63, 3.8) is 0 Å². The van der Waals surface area contributed by atoms with Gasteiger partial charge in [0, 0.05) is 16.9 Å². The lowest BCUT2D eigenvalue weighted by Crippen LogP contribution is -2.62. The van der Waals surface area contributed by atoms with Crippen LogP contribution in [0.25, 0.3) is 6.08 Å². The normalized spacial score (nSPS) is 18.6. The standard InChI is InChI=1S/C29H23N3O/c1-21-15-17-24(18-16-21)32-28(33)30-26-13-7-6-12-25(26)29(32)20-19-22-9-5-8-14-27(22)31(29)23-10-3-2-4-11-23/h2-20H,1H3,(H,30,33). The summed E-state index contributed by atoms with van der Waals surface area (Å²) in [6.07, 6.45) is 4.28. The van der Waals surface area contributed by atoms with Crippen LogP contribution in [-0.4, -0.2) is 6.03 Å². The summed E-state index contributed by atoms with van der Waals surface area (Å²) in [5.74, 6) is 0. The molecule has 33 heavy (non-hydrogen) atoms. The molecule has 0 aromatic heterocycles. The minimum Gasteiger partial charge on any atom is -0.309 e. The van der Waals surface area contributed by atoms with Gasteiger partial charge in [-0.05, 0) is 55.0 Å². The number of carbonyl (C=O) groups excluding carboxylic acids is 1. The van der Waals surface area contributed by atoms with Gasteiger partial charge in [-0.2, -0.15) is 0 Å². The first kappa shape index (κ1) is 19.4. The van der Waals surface area contributed by atoms with E-state index in [2.05, 4.69) is 59.6 Å². The van der Waals surface area contributed by atoms with Crippen molar-refractivity contribution in [2.24, 2.45) is 0 Å². The predicted molar refractivity (Wildman–Crippen MR) is 135 cm³/mol. The summed E-state index contributed by atoms with van der Waals surface area (Å²) in [4.78, 5) is 17.9. The molecule has 1 atom stereocenters. The van der Waals surface area contributed by atoms with E-state index in [1.807, 2.05) is 77.7 Å². The van der Waals surface area contributed by atoms with Crippen molar-refractivity contribution in [1.82, 2.24) is 0 Å². The number of hydrogen-bond acceptors (Lipinski definition) is 2. The summed E-state index contributed by atoms with van der Waals surface area (Å²) >= 11 is 0. The number of aryl methyl sites for hydroxylation is 1. The zero-order chi connectivity index (χ0) is 22.4. The quantitative estimate of drug-likeness (QED) is 0.370.